The minimum atomic E-state index is -1.63. The normalized spacial score (nSPS) is 13.4. The lowest BCUT2D eigenvalue weighted by Gasteiger charge is -2.26. The van der Waals surface area contributed by atoms with E-state index in [2.05, 4.69) is 111 Å². The second kappa shape index (κ2) is 58.4. The van der Waals surface area contributed by atoms with Gasteiger partial charge in [0, 0.05) is 12.8 Å². The molecule has 2 atom stereocenters. The summed E-state index contributed by atoms with van der Waals surface area (Å²) in [7, 11) is 5.91. The Labute approximate surface area is 473 Å². The number of hydrogen-bond donors (Lipinski definition) is 0. The number of carbonyl (C=O) groups excluding carboxylic acids is 3. The van der Waals surface area contributed by atoms with E-state index in [9.17, 15) is 19.5 Å². The van der Waals surface area contributed by atoms with Crippen LogP contribution in [0.4, 0.5) is 0 Å². The molecule has 0 saturated heterocycles. The molecule has 0 aliphatic heterocycles. The van der Waals surface area contributed by atoms with Crippen molar-refractivity contribution in [3.63, 3.8) is 0 Å². The van der Waals surface area contributed by atoms with Crippen LogP contribution in [-0.4, -0.2) is 82.3 Å². The SMILES string of the molecule is CC/C=C\C/C=C\C/C=C\C/C=C\C/C=C\CCCCCCCC(=O)OC(COC(=O)CCCCCCCCCCCCCCCCCC/C=C\C/C=C\C/C=C\CCCCCCC)COC(OCC[N+](C)(C)C)C(=O)[O-]. The van der Waals surface area contributed by atoms with Crippen LogP contribution in [-0.2, 0) is 33.3 Å². The molecule has 0 aromatic heterocycles. The van der Waals surface area contributed by atoms with Crippen LogP contribution in [0.3, 0.4) is 0 Å². The van der Waals surface area contributed by atoms with Gasteiger partial charge in [-0.1, -0.05) is 246 Å². The lowest BCUT2D eigenvalue weighted by atomic mass is 10.0. The fraction of sp³-hybridized carbons (Fsp3) is 0.721. The Morgan fingerprint density at radius 1 is 0.403 bits per heavy atom. The van der Waals surface area contributed by atoms with E-state index in [1.807, 2.05) is 21.1 Å². The maximum atomic E-state index is 12.9. The number of ether oxygens (including phenoxy) is 4. The number of esters is 2. The van der Waals surface area contributed by atoms with Crippen LogP contribution >= 0.6 is 0 Å². The Bertz CT molecular complexity index is 1580. The van der Waals surface area contributed by atoms with E-state index in [1.54, 1.807) is 0 Å². The third-order valence-corrected chi connectivity index (χ3v) is 13.3. The zero-order valence-corrected chi connectivity index (χ0v) is 50.3. The zero-order chi connectivity index (χ0) is 56.2. The lowest BCUT2D eigenvalue weighted by Crippen LogP contribution is -2.44. The fourth-order valence-electron chi connectivity index (χ4n) is 8.51. The van der Waals surface area contributed by atoms with Gasteiger partial charge >= 0.3 is 11.9 Å². The number of quaternary nitrogens is 1. The van der Waals surface area contributed by atoms with Crippen LogP contribution in [0.25, 0.3) is 0 Å². The molecule has 0 spiro atoms. The number of nitrogens with zero attached hydrogens (tertiary/aromatic N) is 1. The smallest absolute Gasteiger partial charge is 0.306 e. The summed E-state index contributed by atoms with van der Waals surface area (Å²) in [6.45, 7) is 4.61. The first kappa shape index (κ1) is 73.2. The number of hydrogen-bond acceptors (Lipinski definition) is 8. The van der Waals surface area contributed by atoms with Crippen molar-refractivity contribution in [3.8, 4) is 0 Å². The van der Waals surface area contributed by atoms with E-state index in [-0.39, 0.29) is 38.6 Å². The molecule has 0 aliphatic carbocycles. The number of carboxylic acids is 1. The summed E-state index contributed by atoms with van der Waals surface area (Å²) in [5.74, 6) is -2.31. The highest BCUT2D eigenvalue weighted by Crippen LogP contribution is 2.16. The highest BCUT2D eigenvalue weighted by Gasteiger charge is 2.22. The van der Waals surface area contributed by atoms with Crippen molar-refractivity contribution in [1.29, 1.82) is 0 Å². The highest BCUT2D eigenvalue weighted by molar-refractivity contribution is 5.70. The van der Waals surface area contributed by atoms with Crippen LogP contribution in [0.2, 0.25) is 0 Å². The zero-order valence-electron chi connectivity index (χ0n) is 50.3. The molecular formula is C68H117NO8. The van der Waals surface area contributed by atoms with Crippen LogP contribution in [0.1, 0.15) is 258 Å². The van der Waals surface area contributed by atoms with E-state index in [0.29, 0.717) is 17.4 Å². The fourth-order valence-corrected chi connectivity index (χ4v) is 8.51. The third-order valence-electron chi connectivity index (χ3n) is 13.3. The van der Waals surface area contributed by atoms with Crippen molar-refractivity contribution < 1.29 is 42.9 Å². The van der Waals surface area contributed by atoms with Gasteiger partial charge in [0.15, 0.2) is 12.4 Å². The van der Waals surface area contributed by atoms with Crippen LogP contribution in [0.5, 0.6) is 0 Å². The largest absolute Gasteiger partial charge is 0.545 e. The van der Waals surface area contributed by atoms with Gasteiger partial charge in [0.2, 0.25) is 0 Å². The summed E-state index contributed by atoms with van der Waals surface area (Å²) in [5.41, 5.74) is 0. The number of unbranched alkanes of at least 4 members (excludes halogenated alkanes) is 26. The molecule has 0 bridgehead atoms. The van der Waals surface area contributed by atoms with Crippen LogP contribution in [0, 0.1) is 0 Å². The van der Waals surface area contributed by atoms with Crippen molar-refractivity contribution in [3.05, 3.63) is 97.2 Å². The molecule has 0 radical (unpaired) electrons. The molecule has 0 heterocycles. The molecule has 77 heavy (non-hydrogen) atoms. The summed E-state index contributed by atoms with van der Waals surface area (Å²) in [4.78, 5) is 37.4. The van der Waals surface area contributed by atoms with Gasteiger partial charge in [-0.15, -0.1) is 0 Å². The first-order valence-corrected chi connectivity index (χ1v) is 31.4. The summed E-state index contributed by atoms with van der Waals surface area (Å²) in [6.07, 6.45) is 76.1. The Morgan fingerprint density at radius 2 is 0.740 bits per heavy atom. The summed E-state index contributed by atoms with van der Waals surface area (Å²) < 4.78 is 22.7. The summed E-state index contributed by atoms with van der Waals surface area (Å²) in [6, 6.07) is 0. The second-order valence-electron chi connectivity index (χ2n) is 22.0. The molecule has 442 valence electrons. The summed E-state index contributed by atoms with van der Waals surface area (Å²) >= 11 is 0. The Balaban J connectivity index is 4.19. The Hall–Kier alpha value is -3.79. The number of rotatable bonds is 57. The Kier molecular flexibility index (Phi) is 55.5. The molecule has 0 rings (SSSR count). The number of carbonyl (C=O) groups is 3. The topological polar surface area (TPSA) is 111 Å². The van der Waals surface area contributed by atoms with Crippen molar-refractivity contribution >= 4 is 17.9 Å². The van der Waals surface area contributed by atoms with Gasteiger partial charge in [-0.25, -0.2) is 0 Å². The predicted octanol–water partition coefficient (Wildman–Crippen LogP) is 17.6. The molecule has 0 aliphatic rings. The van der Waals surface area contributed by atoms with Gasteiger partial charge in [-0.3, -0.25) is 9.59 Å². The minimum absolute atomic E-state index is 0.139. The van der Waals surface area contributed by atoms with E-state index in [0.717, 1.165) is 96.3 Å². The van der Waals surface area contributed by atoms with Gasteiger partial charge in [-0.05, 0) is 96.3 Å². The van der Waals surface area contributed by atoms with E-state index in [4.69, 9.17) is 18.9 Å². The molecule has 0 N–H and O–H groups in total. The second-order valence-corrected chi connectivity index (χ2v) is 22.0. The Morgan fingerprint density at radius 3 is 1.10 bits per heavy atom. The van der Waals surface area contributed by atoms with Gasteiger partial charge in [0.1, 0.15) is 13.2 Å². The molecule has 2 unspecified atom stereocenters. The van der Waals surface area contributed by atoms with Gasteiger partial charge in [-0.2, -0.15) is 0 Å². The molecule has 0 amide bonds. The van der Waals surface area contributed by atoms with Crippen molar-refractivity contribution in [2.75, 3.05) is 47.5 Å². The van der Waals surface area contributed by atoms with Crippen molar-refractivity contribution in [2.45, 2.75) is 270 Å². The number of likely N-dealkylation sites (N-methyl/N-ethyl adjacent to an activating group) is 1. The molecule has 0 aromatic rings. The molecule has 9 nitrogen and oxygen atoms in total. The first-order valence-electron chi connectivity index (χ1n) is 31.4. The molecule has 0 aromatic carbocycles. The number of aliphatic carboxylic acids is 1. The van der Waals surface area contributed by atoms with Gasteiger partial charge in [0.25, 0.3) is 0 Å². The predicted molar refractivity (Wildman–Crippen MR) is 324 cm³/mol. The van der Waals surface area contributed by atoms with E-state index in [1.165, 1.54) is 128 Å². The first-order chi connectivity index (χ1) is 37.6. The standard InChI is InChI=1S/C68H117NO8/c1-6-8-10-12-14-16-18-20-22-24-26-28-29-30-31-32-33-34-35-36-37-39-40-42-44-46-48-50-52-54-56-58-65(70)75-62-64(63-76-68(67(72)73)74-61-60-69(3,4)5)77-66(71)59-57-55-53-51-49-47-45-43-41-38-27-25-23-21-19-17-15-13-11-9-7-2/h9,11,15,17-18,20-21,23-24,26-27,29-30,38,43,45,64,68H,6-8,10,12-14,16,19,22,25,28,31-37,39-42,44,46-63H2,1-5H3/b11-9-,17-15-,20-18-,23-21-,26-24-,30-29-,38-27-,45-43-. The third kappa shape index (κ3) is 59.7. The van der Waals surface area contributed by atoms with Gasteiger partial charge < -0.3 is 33.3 Å². The van der Waals surface area contributed by atoms with Gasteiger partial charge in [0.05, 0.1) is 40.3 Å². The number of carboxylic acid groups (broad SMARTS) is 1. The monoisotopic (exact) mass is 1080 g/mol. The average molecular weight is 1080 g/mol. The molecule has 9 heteroatoms. The lowest BCUT2D eigenvalue weighted by molar-refractivity contribution is -0.870. The highest BCUT2D eigenvalue weighted by atomic mass is 16.7. The van der Waals surface area contributed by atoms with Crippen molar-refractivity contribution in [1.82, 2.24) is 0 Å². The quantitative estimate of drug-likeness (QED) is 0.0195. The average Bonchev–Trinajstić information content (AvgIpc) is 3.40. The van der Waals surface area contributed by atoms with E-state index >= 15 is 0 Å². The van der Waals surface area contributed by atoms with Crippen LogP contribution < -0.4 is 5.11 Å². The van der Waals surface area contributed by atoms with Crippen molar-refractivity contribution in [2.24, 2.45) is 0 Å². The minimum Gasteiger partial charge on any atom is -0.545 e. The maximum Gasteiger partial charge on any atom is 0.306 e. The maximum absolute atomic E-state index is 12.9. The van der Waals surface area contributed by atoms with Crippen LogP contribution in [0.15, 0.2) is 97.2 Å². The molecular weight excluding hydrogens is 959 g/mol. The van der Waals surface area contributed by atoms with E-state index < -0.39 is 24.3 Å². The summed E-state index contributed by atoms with van der Waals surface area (Å²) in [5, 5.41) is 11.8. The number of allylic oxidation sites excluding steroid dienone is 16. The molecule has 0 fully saturated rings. The molecule has 0 saturated carbocycles.